The Kier molecular flexibility index (Phi) is 6.08. The first kappa shape index (κ1) is 20.0. The molecule has 1 aromatic heterocycles. The van der Waals surface area contributed by atoms with E-state index in [1.54, 1.807) is 11.1 Å². The summed E-state index contributed by atoms with van der Waals surface area (Å²) in [7, 11) is 1.92. The van der Waals surface area contributed by atoms with E-state index in [2.05, 4.69) is 20.2 Å². The van der Waals surface area contributed by atoms with Crippen LogP contribution in [-0.4, -0.2) is 59.5 Å². The summed E-state index contributed by atoms with van der Waals surface area (Å²) < 4.78 is 19.9. The Hall–Kier alpha value is -2.74. The standard InChI is InChI=1S/C20H26FN5O2/c1-5-26(13(2)3)20(27)16-8-14(21)6-7-17(16)28-18-9-23-12-24-19(18)25-10-15(11-25)22-4/h6-9,12-13,15,22H,5,10-11H2,1-4H3. The van der Waals surface area contributed by atoms with Gasteiger partial charge in [0.25, 0.3) is 5.91 Å². The van der Waals surface area contributed by atoms with Crippen LogP contribution in [0.3, 0.4) is 0 Å². The van der Waals surface area contributed by atoms with Crippen molar-refractivity contribution in [3.8, 4) is 11.5 Å². The average Bonchev–Trinajstić information content (AvgIpc) is 2.63. The second-order valence-corrected chi connectivity index (χ2v) is 7.03. The van der Waals surface area contributed by atoms with Crippen molar-refractivity contribution in [1.82, 2.24) is 20.2 Å². The molecular formula is C20H26FN5O2. The maximum atomic E-state index is 13.9. The largest absolute Gasteiger partial charge is 0.451 e. The smallest absolute Gasteiger partial charge is 0.257 e. The van der Waals surface area contributed by atoms with E-state index in [1.165, 1.54) is 24.5 Å². The predicted octanol–water partition coefficient (Wildman–Crippen LogP) is 2.69. The molecule has 1 aliphatic heterocycles. The van der Waals surface area contributed by atoms with Gasteiger partial charge in [-0.15, -0.1) is 0 Å². The summed E-state index contributed by atoms with van der Waals surface area (Å²) in [6.45, 7) is 7.86. The third-order valence-electron chi connectivity index (χ3n) is 4.87. The van der Waals surface area contributed by atoms with Crippen LogP contribution in [0.2, 0.25) is 0 Å². The van der Waals surface area contributed by atoms with Gasteiger partial charge in [-0.05, 0) is 46.0 Å². The third kappa shape index (κ3) is 4.06. The molecule has 2 heterocycles. The zero-order valence-corrected chi connectivity index (χ0v) is 16.6. The van der Waals surface area contributed by atoms with Gasteiger partial charge in [0.05, 0.1) is 11.8 Å². The van der Waals surface area contributed by atoms with Crippen molar-refractivity contribution < 1.29 is 13.9 Å². The van der Waals surface area contributed by atoms with Gasteiger partial charge in [0.1, 0.15) is 17.9 Å². The summed E-state index contributed by atoms with van der Waals surface area (Å²) in [5.74, 6) is 0.613. The van der Waals surface area contributed by atoms with Gasteiger partial charge in [0.2, 0.25) is 0 Å². The minimum Gasteiger partial charge on any atom is -0.451 e. The molecule has 0 atom stereocenters. The number of rotatable bonds is 7. The Balaban J connectivity index is 1.91. The third-order valence-corrected chi connectivity index (χ3v) is 4.87. The van der Waals surface area contributed by atoms with Gasteiger partial charge in [-0.3, -0.25) is 4.79 Å². The fourth-order valence-electron chi connectivity index (χ4n) is 3.23. The molecule has 1 aromatic carbocycles. The fraction of sp³-hybridized carbons (Fsp3) is 0.450. The number of amides is 1. The molecule has 2 aromatic rings. The molecule has 0 radical (unpaired) electrons. The Morgan fingerprint density at radius 3 is 2.79 bits per heavy atom. The highest BCUT2D eigenvalue weighted by atomic mass is 19.1. The number of hydrogen-bond acceptors (Lipinski definition) is 6. The molecule has 1 fully saturated rings. The van der Waals surface area contributed by atoms with Crippen molar-refractivity contribution in [3.05, 3.63) is 42.1 Å². The van der Waals surface area contributed by atoms with E-state index in [0.29, 0.717) is 24.2 Å². The van der Waals surface area contributed by atoms with Crippen LogP contribution in [0.4, 0.5) is 10.2 Å². The normalized spacial score (nSPS) is 14.1. The maximum absolute atomic E-state index is 13.9. The molecular weight excluding hydrogens is 361 g/mol. The number of carbonyl (C=O) groups excluding carboxylic acids is 1. The molecule has 1 aliphatic rings. The maximum Gasteiger partial charge on any atom is 0.257 e. The van der Waals surface area contributed by atoms with Crippen molar-refractivity contribution in [2.75, 3.05) is 31.6 Å². The number of nitrogens with zero attached hydrogens (tertiary/aromatic N) is 4. The number of halogens is 1. The monoisotopic (exact) mass is 387 g/mol. The van der Waals surface area contributed by atoms with Crippen molar-refractivity contribution in [3.63, 3.8) is 0 Å². The number of hydrogen-bond donors (Lipinski definition) is 1. The van der Waals surface area contributed by atoms with Crippen LogP contribution in [0.25, 0.3) is 0 Å². The second-order valence-electron chi connectivity index (χ2n) is 7.03. The summed E-state index contributed by atoms with van der Waals surface area (Å²) in [4.78, 5) is 25.1. The minimum absolute atomic E-state index is 0.0104. The molecule has 1 saturated heterocycles. The lowest BCUT2D eigenvalue weighted by atomic mass is 10.1. The van der Waals surface area contributed by atoms with Gasteiger partial charge in [-0.1, -0.05) is 0 Å². The zero-order chi connectivity index (χ0) is 20.3. The minimum atomic E-state index is -0.486. The van der Waals surface area contributed by atoms with Crippen LogP contribution in [-0.2, 0) is 0 Å². The molecule has 28 heavy (non-hydrogen) atoms. The van der Waals surface area contributed by atoms with Crippen molar-refractivity contribution in [2.24, 2.45) is 0 Å². The van der Waals surface area contributed by atoms with Gasteiger partial charge < -0.3 is 19.9 Å². The van der Waals surface area contributed by atoms with Crippen LogP contribution < -0.4 is 15.0 Å². The quantitative estimate of drug-likeness (QED) is 0.788. The van der Waals surface area contributed by atoms with Crippen molar-refractivity contribution >= 4 is 11.7 Å². The Morgan fingerprint density at radius 1 is 1.39 bits per heavy atom. The summed E-state index contributed by atoms with van der Waals surface area (Å²) in [5, 5.41) is 3.21. The van der Waals surface area contributed by atoms with Gasteiger partial charge in [-0.2, -0.15) is 0 Å². The number of ether oxygens (including phenoxy) is 1. The lowest BCUT2D eigenvalue weighted by Crippen LogP contribution is -2.57. The molecule has 0 aliphatic carbocycles. The van der Waals surface area contributed by atoms with Crippen LogP contribution in [0.5, 0.6) is 11.5 Å². The van der Waals surface area contributed by atoms with E-state index in [-0.39, 0.29) is 23.3 Å². The Morgan fingerprint density at radius 2 is 2.14 bits per heavy atom. The number of likely N-dealkylation sites (N-methyl/N-ethyl adjacent to an activating group) is 1. The lowest BCUT2D eigenvalue weighted by molar-refractivity contribution is 0.0713. The van der Waals surface area contributed by atoms with E-state index in [9.17, 15) is 9.18 Å². The first-order valence-electron chi connectivity index (χ1n) is 9.45. The molecule has 8 heteroatoms. The van der Waals surface area contributed by atoms with Gasteiger partial charge in [0, 0.05) is 31.7 Å². The summed E-state index contributed by atoms with van der Waals surface area (Å²) >= 11 is 0. The zero-order valence-electron chi connectivity index (χ0n) is 16.6. The number of aromatic nitrogens is 2. The molecule has 1 amide bonds. The highest BCUT2D eigenvalue weighted by molar-refractivity contribution is 5.97. The van der Waals surface area contributed by atoms with Crippen LogP contribution in [0.1, 0.15) is 31.1 Å². The van der Waals surface area contributed by atoms with Gasteiger partial charge >= 0.3 is 0 Å². The second kappa shape index (κ2) is 8.52. The van der Waals surface area contributed by atoms with E-state index in [4.69, 9.17) is 4.74 Å². The predicted molar refractivity (Wildman–Crippen MR) is 105 cm³/mol. The molecule has 7 nitrogen and oxygen atoms in total. The molecule has 150 valence electrons. The SMILES string of the molecule is CCN(C(=O)c1cc(F)ccc1Oc1cncnc1N1CC(NC)C1)C(C)C. The summed E-state index contributed by atoms with van der Waals surface area (Å²) in [5.41, 5.74) is 0.182. The van der Waals surface area contributed by atoms with Crippen molar-refractivity contribution in [2.45, 2.75) is 32.9 Å². The van der Waals surface area contributed by atoms with E-state index < -0.39 is 5.82 Å². The van der Waals surface area contributed by atoms with Crippen LogP contribution in [0.15, 0.2) is 30.7 Å². The van der Waals surface area contributed by atoms with Gasteiger partial charge in [0.15, 0.2) is 11.6 Å². The summed E-state index contributed by atoms with van der Waals surface area (Å²) in [6.07, 6.45) is 3.02. The Bertz CT molecular complexity index is 839. The first-order valence-corrected chi connectivity index (χ1v) is 9.45. The molecule has 0 spiro atoms. The Labute approximate surface area is 164 Å². The van der Waals surface area contributed by atoms with Crippen molar-refractivity contribution in [1.29, 1.82) is 0 Å². The number of carbonyl (C=O) groups is 1. The van der Waals surface area contributed by atoms with E-state index >= 15 is 0 Å². The topological polar surface area (TPSA) is 70.6 Å². The molecule has 1 N–H and O–H groups in total. The number of nitrogens with one attached hydrogen (secondary N) is 1. The number of benzene rings is 1. The van der Waals surface area contributed by atoms with E-state index in [1.807, 2.05) is 27.8 Å². The van der Waals surface area contributed by atoms with Crippen LogP contribution >= 0.6 is 0 Å². The van der Waals surface area contributed by atoms with E-state index in [0.717, 1.165) is 13.1 Å². The van der Waals surface area contributed by atoms with Gasteiger partial charge in [-0.25, -0.2) is 14.4 Å². The molecule has 3 rings (SSSR count). The number of anilines is 1. The first-order chi connectivity index (χ1) is 13.4. The van der Waals surface area contributed by atoms with Crippen LogP contribution in [0, 0.1) is 5.82 Å². The summed E-state index contributed by atoms with van der Waals surface area (Å²) in [6, 6.07) is 4.35. The molecule has 0 saturated carbocycles. The molecule has 0 unspecified atom stereocenters. The molecule has 0 bridgehead atoms. The fourth-order valence-corrected chi connectivity index (χ4v) is 3.23. The highest BCUT2D eigenvalue weighted by Crippen LogP contribution is 2.34. The lowest BCUT2D eigenvalue weighted by Gasteiger charge is -2.40. The highest BCUT2D eigenvalue weighted by Gasteiger charge is 2.29. The average molecular weight is 387 g/mol.